The van der Waals surface area contributed by atoms with Crippen molar-refractivity contribution >= 4 is 29.1 Å². The van der Waals surface area contributed by atoms with E-state index in [4.69, 9.17) is 21.1 Å². The van der Waals surface area contributed by atoms with E-state index in [0.29, 0.717) is 28.7 Å². The van der Waals surface area contributed by atoms with Gasteiger partial charge in [-0.1, -0.05) is 23.7 Å². The Morgan fingerprint density at radius 2 is 2.13 bits per heavy atom. The number of hydrogen-bond acceptors (Lipinski definition) is 5. The van der Waals surface area contributed by atoms with Gasteiger partial charge in [-0.15, -0.1) is 11.8 Å². The van der Waals surface area contributed by atoms with Gasteiger partial charge in [0.25, 0.3) is 5.69 Å². The van der Waals surface area contributed by atoms with Crippen LogP contribution in [0.5, 0.6) is 5.75 Å². The third kappa shape index (κ3) is 3.77. The zero-order chi connectivity index (χ0) is 16.2. The Bertz CT molecular complexity index is 738. The Hall–Kier alpha value is -1.76. The van der Waals surface area contributed by atoms with E-state index in [1.165, 1.54) is 17.8 Å². The zero-order valence-corrected chi connectivity index (χ0v) is 13.7. The fraction of sp³-hybridized carbons (Fsp3) is 0.250. The van der Waals surface area contributed by atoms with Gasteiger partial charge in [0, 0.05) is 22.4 Å². The lowest BCUT2D eigenvalue weighted by molar-refractivity contribution is -0.387. The highest BCUT2D eigenvalue weighted by Gasteiger charge is 2.17. The van der Waals surface area contributed by atoms with Gasteiger partial charge in [-0.3, -0.25) is 10.1 Å². The molecule has 120 valence electrons. The van der Waals surface area contributed by atoms with Crippen LogP contribution in [0.4, 0.5) is 5.69 Å². The summed E-state index contributed by atoms with van der Waals surface area (Å²) in [6.45, 7) is 0.721. The van der Waals surface area contributed by atoms with Crippen molar-refractivity contribution < 1.29 is 14.4 Å². The fourth-order valence-corrected chi connectivity index (χ4v) is 3.71. The minimum atomic E-state index is -0.357. The van der Waals surface area contributed by atoms with E-state index in [1.807, 2.05) is 12.1 Å². The summed E-state index contributed by atoms with van der Waals surface area (Å²) in [5, 5.41) is 11.7. The number of para-hydroxylation sites is 1. The highest BCUT2D eigenvalue weighted by molar-refractivity contribution is 7.99. The van der Waals surface area contributed by atoms with Crippen molar-refractivity contribution in [3.63, 3.8) is 0 Å². The molecule has 0 fully saturated rings. The lowest BCUT2D eigenvalue weighted by Crippen LogP contribution is -2.13. The van der Waals surface area contributed by atoms with Gasteiger partial charge in [0.1, 0.15) is 5.75 Å². The number of nitro benzene ring substituents is 1. The predicted octanol–water partition coefficient (Wildman–Crippen LogP) is 4.45. The Kier molecular flexibility index (Phi) is 5.05. The zero-order valence-electron chi connectivity index (χ0n) is 12.2. The molecule has 1 aliphatic rings. The molecule has 0 bridgehead atoms. The van der Waals surface area contributed by atoms with Crippen LogP contribution in [0.3, 0.4) is 0 Å². The van der Waals surface area contributed by atoms with E-state index in [-0.39, 0.29) is 17.4 Å². The SMILES string of the molecule is O=[N+]([O-])c1ccccc1SCCc1cc(Cl)cc2c1OCOC2. The molecule has 23 heavy (non-hydrogen) atoms. The molecule has 0 amide bonds. The van der Waals surface area contributed by atoms with Crippen LogP contribution in [0.1, 0.15) is 11.1 Å². The van der Waals surface area contributed by atoms with Gasteiger partial charge in [-0.05, 0) is 30.2 Å². The molecule has 0 saturated heterocycles. The Morgan fingerprint density at radius 1 is 1.30 bits per heavy atom. The van der Waals surface area contributed by atoms with Gasteiger partial charge in [-0.25, -0.2) is 0 Å². The third-order valence-corrected chi connectivity index (χ3v) is 4.73. The van der Waals surface area contributed by atoms with Gasteiger partial charge in [0.05, 0.1) is 16.4 Å². The first-order valence-corrected chi connectivity index (χ1v) is 8.39. The normalized spacial score (nSPS) is 13.3. The maximum Gasteiger partial charge on any atom is 0.282 e. The van der Waals surface area contributed by atoms with Crippen LogP contribution in [-0.2, 0) is 17.8 Å². The minimum Gasteiger partial charge on any atom is -0.467 e. The van der Waals surface area contributed by atoms with Crippen molar-refractivity contribution in [2.24, 2.45) is 0 Å². The average molecular weight is 352 g/mol. The molecule has 0 saturated carbocycles. The molecule has 1 aliphatic heterocycles. The van der Waals surface area contributed by atoms with Crippen molar-refractivity contribution in [1.29, 1.82) is 0 Å². The molecule has 0 atom stereocenters. The Morgan fingerprint density at radius 3 is 2.96 bits per heavy atom. The van der Waals surface area contributed by atoms with Crippen LogP contribution < -0.4 is 4.74 Å². The first kappa shape index (κ1) is 16.1. The molecule has 0 unspecified atom stereocenters. The van der Waals surface area contributed by atoms with Crippen molar-refractivity contribution in [1.82, 2.24) is 0 Å². The smallest absolute Gasteiger partial charge is 0.282 e. The van der Waals surface area contributed by atoms with E-state index >= 15 is 0 Å². The van der Waals surface area contributed by atoms with Gasteiger partial charge in [0.2, 0.25) is 0 Å². The maximum atomic E-state index is 11.0. The van der Waals surface area contributed by atoms with E-state index in [0.717, 1.165) is 16.9 Å². The highest BCUT2D eigenvalue weighted by Crippen LogP contribution is 2.34. The predicted molar refractivity (Wildman–Crippen MR) is 89.3 cm³/mol. The summed E-state index contributed by atoms with van der Waals surface area (Å²) in [4.78, 5) is 11.3. The first-order valence-electron chi connectivity index (χ1n) is 7.03. The molecule has 5 nitrogen and oxygen atoms in total. The number of thioether (sulfide) groups is 1. The molecule has 3 rings (SSSR count). The van der Waals surface area contributed by atoms with Gasteiger partial charge in [-0.2, -0.15) is 0 Å². The van der Waals surface area contributed by atoms with Crippen LogP contribution in [0, 0.1) is 10.1 Å². The van der Waals surface area contributed by atoms with Gasteiger partial charge in [0.15, 0.2) is 6.79 Å². The molecule has 0 radical (unpaired) electrons. The summed E-state index contributed by atoms with van der Waals surface area (Å²) in [5.41, 5.74) is 2.08. The summed E-state index contributed by atoms with van der Waals surface area (Å²) in [5.74, 6) is 1.52. The molecular weight excluding hydrogens is 338 g/mol. The van der Waals surface area contributed by atoms with Crippen molar-refractivity contribution in [2.45, 2.75) is 17.9 Å². The second kappa shape index (κ2) is 7.21. The topological polar surface area (TPSA) is 61.6 Å². The number of nitro groups is 1. The molecule has 0 aromatic heterocycles. The number of hydrogen-bond donors (Lipinski definition) is 0. The first-order chi connectivity index (χ1) is 11.1. The van der Waals surface area contributed by atoms with Gasteiger partial charge >= 0.3 is 0 Å². The molecule has 1 heterocycles. The lowest BCUT2D eigenvalue weighted by Gasteiger charge is -2.21. The monoisotopic (exact) mass is 351 g/mol. The standard InChI is InChI=1S/C16H14ClNO4S/c17-13-7-11(16-12(8-13)9-21-10-22-16)5-6-23-15-4-2-1-3-14(15)18(19)20/h1-4,7-8H,5-6,9-10H2. The lowest BCUT2D eigenvalue weighted by atomic mass is 10.1. The van der Waals surface area contributed by atoms with E-state index in [9.17, 15) is 10.1 Å². The van der Waals surface area contributed by atoms with Crippen molar-refractivity contribution in [3.05, 3.63) is 62.7 Å². The van der Waals surface area contributed by atoms with E-state index in [1.54, 1.807) is 18.2 Å². The van der Waals surface area contributed by atoms with Gasteiger partial charge < -0.3 is 9.47 Å². The molecule has 2 aromatic rings. The summed E-state index contributed by atoms with van der Waals surface area (Å²) in [6, 6.07) is 10.5. The number of halogens is 1. The highest BCUT2D eigenvalue weighted by atomic mass is 35.5. The average Bonchev–Trinajstić information content (AvgIpc) is 2.55. The number of aryl methyl sites for hydroxylation is 1. The number of rotatable bonds is 5. The number of nitrogens with zero attached hydrogens (tertiary/aromatic N) is 1. The summed E-state index contributed by atoms with van der Waals surface area (Å²) < 4.78 is 10.8. The second-order valence-corrected chi connectivity index (χ2v) is 6.56. The molecular formula is C16H14ClNO4S. The van der Waals surface area contributed by atoms with Crippen molar-refractivity contribution in [2.75, 3.05) is 12.5 Å². The van der Waals surface area contributed by atoms with E-state index < -0.39 is 0 Å². The quantitative estimate of drug-likeness (QED) is 0.452. The molecule has 0 spiro atoms. The number of fused-ring (bicyclic) bond motifs is 1. The molecule has 2 aromatic carbocycles. The van der Waals surface area contributed by atoms with Crippen LogP contribution in [0.15, 0.2) is 41.3 Å². The molecule has 0 aliphatic carbocycles. The number of benzene rings is 2. The molecule has 0 N–H and O–H groups in total. The van der Waals surface area contributed by atoms with Crippen LogP contribution >= 0.6 is 23.4 Å². The van der Waals surface area contributed by atoms with Crippen LogP contribution in [0.25, 0.3) is 0 Å². The second-order valence-electron chi connectivity index (χ2n) is 4.99. The third-order valence-electron chi connectivity index (χ3n) is 3.44. The van der Waals surface area contributed by atoms with E-state index in [2.05, 4.69) is 0 Å². The van der Waals surface area contributed by atoms with Crippen LogP contribution in [0.2, 0.25) is 5.02 Å². The summed E-state index contributed by atoms with van der Waals surface area (Å²) in [6.07, 6.45) is 0.708. The molecule has 7 heteroatoms. The number of ether oxygens (including phenoxy) is 2. The Balaban J connectivity index is 1.72. The minimum absolute atomic E-state index is 0.135. The maximum absolute atomic E-state index is 11.0. The summed E-state index contributed by atoms with van der Waals surface area (Å²) in [7, 11) is 0. The van der Waals surface area contributed by atoms with Crippen molar-refractivity contribution in [3.8, 4) is 5.75 Å². The van der Waals surface area contributed by atoms with Crippen LogP contribution in [-0.4, -0.2) is 17.5 Å². The largest absolute Gasteiger partial charge is 0.467 e. The Labute approximate surface area is 142 Å². The fourth-order valence-electron chi connectivity index (χ4n) is 2.44. The summed E-state index contributed by atoms with van der Waals surface area (Å²) >= 11 is 7.59.